The summed E-state index contributed by atoms with van der Waals surface area (Å²) in [6.07, 6.45) is 3.50. The van der Waals surface area contributed by atoms with Gasteiger partial charge in [0.15, 0.2) is 0 Å². The highest BCUT2D eigenvalue weighted by Gasteiger charge is 2.38. The Morgan fingerprint density at radius 3 is 1.45 bits per heavy atom. The van der Waals surface area contributed by atoms with Crippen LogP contribution in [0.25, 0.3) is 0 Å². The summed E-state index contributed by atoms with van der Waals surface area (Å²) < 4.78 is 77.3. The van der Waals surface area contributed by atoms with Crippen molar-refractivity contribution in [3.05, 3.63) is 60.2 Å². The summed E-state index contributed by atoms with van der Waals surface area (Å²) in [4.78, 5) is 22.4. The zero-order chi connectivity index (χ0) is 28.1. The highest BCUT2D eigenvalue weighted by atomic mass is 32.2. The smallest absolute Gasteiger partial charge is 0.322 e. The Bertz CT molecular complexity index is 1250. The van der Waals surface area contributed by atoms with Crippen molar-refractivity contribution in [3.63, 3.8) is 0 Å². The number of carboxylic acid groups (broad SMARTS) is 1. The maximum absolute atomic E-state index is 12.8. The second kappa shape index (κ2) is 12.3. The van der Waals surface area contributed by atoms with E-state index >= 15 is 0 Å². The molecule has 2 aromatic carbocycles. The maximum Gasteiger partial charge on any atom is 0.322 e. The van der Waals surface area contributed by atoms with Crippen LogP contribution < -0.4 is 5.73 Å². The number of piperidine rings is 2. The lowest BCUT2D eigenvalue weighted by atomic mass is 10.0. The molecule has 4 rings (SSSR count). The zero-order valence-electron chi connectivity index (χ0n) is 20.4. The molecule has 0 aromatic heterocycles. The number of aliphatic carboxylic acids is 1. The number of amides is 1. The molecular formula is C24H29F2N3O7S2. The first-order valence-corrected chi connectivity index (χ1v) is 14.8. The van der Waals surface area contributed by atoms with Crippen LogP contribution in [0.3, 0.4) is 0 Å². The number of carboxylic acids is 1. The van der Waals surface area contributed by atoms with Gasteiger partial charge in [-0.05, 0) is 80.6 Å². The molecule has 0 bridgehead atoms. The van der Waals surface area contributed by atoms with Crippen LogP contribution in [0.1, 0.15) is 38.5 Å². The predicted octanol–water partition coefficient (Wildman–Crippen LogP) is 2.31. The van der Waals surface area contributed by atoms with Gasteiger partial charge >= 0.3 is 5.97 Å². The first-order valence-electron chi connectivity index (χ1n) is 11.9. The second-order valence-corrected chi connectivity index (χ2v) is 12.7. The lowest BCUT2D eigenvalue weighted by molar-refractivity contribution is -0.142. The third kappa shape index (κ3) is 6.73. The molecular weight excluding hydrogens is 544 g/mol. The molecule has 2 atom stereocenters. The number of benzene rings is 2. The molecule has 0 spiro atoms. The zero-order valence-corrected chi connectivity index (χ0v) is 22.0. The average molecular weight is 574 g/mol. The van der Waals surface area contributed by atoms with E-state index in [-0.39, 0.29) is 22.9 Å². The van der Waals surface area contributed by atoms with Crippen molar-refractivity contribution in [2.45, 2.75) is 60.4 Å². The van der Waals surface area contributed by atoms with Gasteiger partial charge in [0.25, 0.3) is 0 Å². The van der Waals surface area contributed by atoms with E-state index in [1.807, 2.05) is 0 Å². The minimum Gasteiger partial charge on any atom is -0.480 e. The Kier molecular flexibility index (Phi) is 9.57. The van der Waals surface area contributed by atoms with Crippen molar-refractivity contribution in [1.29, 1.82) is 0 Å². The number of primary amides is 1. The van der Waals surface area contributed by atoms with Gasteiger partial charge in [-0.15, -0.1) is 0 Å². The number of halogens is 2. The number of hydrogen-bond donors (Lipinski definition) is 2. The van der Waals surface area contributed by atoms with E-state index in [4.69, 9.17) is 10.8 Å². The molecule has 1 amide bonds. The Labute approximate surface area is 220 Å². The van der Waals surface area contributed by atoms with Crippen LogP contribution in [0.15, 0.2) is 58.3 Å². The van der Waals surface area contributed by atoms with Crippen LogP contribution in [0.5, 0.6) is 0 Å². The molecule has 208 valence electrons. The van der Waals surface area contributed by atoms with Gasteiger partial charge in [-0.2, -0.15) is 8.61 Å². The van der Waals surface area contributed by atoms with Crippen LogP contribution in [0.2, 0.25) is 0 Å². The lowest BCUT2D eigenvalue weighted by Crippen LogP contribution is -2.50. The third-order valence-corrected chi connectivity index (χ3v) is 10.2. The fourth-order valence-corrected chi connectivity index (χ4v) is 7.72. The fourth-order valence-electron chi connectivity index (χ4n) is 4.40. The molecule has 0 unspecified atom stereocenters. The van der Waals surface area contributed by atoms with E-state index in [0.717, 1.165) is 51.4 Å². The number of rotatable bonds is 6. The molecule has 3 N–H and O–H groups in total. The van der Waals surface area contributed by atoms with Gasteiger partial charge in [-0.25, -0.2) is 25.6 Å². The number of carbonyl (C=O) groups is 2. The Balaban J connectivity index is 0.000000211. The van der Waals surface area contributed by atoms with Gasteiger partial charge in [0.1, 0.15) is 23.7 Å². The van der Waals surface area contributed by atoms with Crippen molar-refractivity contribution in [2.24, 2.45) is 5.73 Å². The summed E-state index contributed by atoms with van der Waals surface area (Å²) >= 11 is 0. The molecule has 2 aliphatic rings. The molecule has 0 saturated carbocycles. The lowest BCUT2D eigenvalue weighted by Gasteiger charge is -2.32. The van der Waals surface area contributed by atoms with E-state index in [1.165, 1.54) is 12.1 Å². The Hall–Kier alpha value is -2.94. The second-order valence-electron chi connectivity index (χ2n) is 8.90. The number of sulfonamides is 2. The van der Waals surface area contributed by atoms with E-state index < -0.39 is 55.6 Å². The van der Waals surface area contributed by atoms with Crippen LogP contribution in [0.4, 0.5) is 8.78 Å². The van der Waals surface area contributed by atoms with Crippen molar-refractivity contribution < 1.29 is 40.3 Å². The number of nitrogens with zero attached hydrogens (tertiary/aromatic N) is 2. The van der Waals surface area contributed by atoms with E-state index in [9.17, 15) is 35.2 Å². The van der Waals surface area contributed by atoms with Gasteiger partial charge in [0, 0.05) is 13.1 Å². The summed E-state index contributed by atoms with van der Waals surface area (Å²) in [6.45, 7) is 0.435. The molecule has 38 heavy (non-hydrogen) atoms. The van der Waals surface area contributed by atoms with Crippen molar-refractivity contribution in [3.8, 4) is 0 Å². The van der Waals surface area contributed by atoms with Gasteiger partial charge in [-0.1, -0.05) is 6.42 Å². The Morgan fingerprint density at radius 1 is 0.711 bits per heavy atom. The molecule has 2 aromatic rings. The minimum atomic E-state index is -3.89. The molecule has 2 saturated heterocycles. The molecule has 2 aliphatic heterocycles. The van der Waals surface area contributed by atoms with Crippen molar-refractivity contribution >= 4 is 31.9 Å². The van der Waals surface area contributed by atoms with Crippen LogP contribution in [-0.4, -0.2) is 67.6 Å². The van der Waals surface area contributed by atoms with Gasteiger partial charge in [0.05, 0.1) is 9.79 Å². The average Bonchev–Trinajstić information content (AvgIpc) is 2.89. The number of carbonyl (C=O) groups excluding carboxylic acids is 1. The summed E-state index contributed by atoms with van der Waals surface area (Å²) in [6, 6.07) is 7.09. The molecule has 0 radical (unpaired) electrons. The summed E-state index contributed by atoms with van der Waals surface area (Å²) in [7, 11) is -7.69. The van der Waals surface area contributed by atoms with Crippen molar-refractivity contribution in [2.75, 3.05) is 13.1 Å². The normalized spacial score (nSPS) is 21.2. The number of nitrogens with two attached hydrogens (primary N) is 1. The first kappa shape index (κ1) is 29.6. The van der Waals surface area contributed by atoms with Crippen molar-refractivity contribution in [1.82, 2.24) is 8.61 Å². The summed E-state index contributed by atoms with van der Waals surface area (Å²) in [5, 5.41) is 9.10. The maximum atomic E-state index is 12.8. The predicted molar refractivity (Wildman–Crippen MR) is 133 cm³/mol. The Morgan fingerprint density at radius 2 is 1.08 bits per heavy atom. The SMILES string of the molecule is NC(=O)[C@@H]1CCCCN1S(=O)(=O)c1ccc(F)cc1.O=C(O)[C@@H]1CCCCN1S(=O)(=O)c1ccc(F)cc1. The van der Waals surface area contributed by atoms with E-state index in [2.05, 4.69) is 0 Å². The fraction of sp³-hybridized carbons (Fsp3) is 0.417. The minimum absolute atomic E-state index is 0.0259. The quantitative estimate of drug-likeness (QED) is 0.537. The highest BCUT2D eigenvalue weighted by Crippen LogP contribution is 2.26. The first-order chi connectivity index (χ1) is 17.9. The topological polar surface area (TPSA) is 155 Å². The monoisotopic (exact) mass is 573 g/mol. The van der Waals surface area contributed by atoms with Gasteiger partial charge in [-0.3, -0.25) is 9.59 Å². The standard InChI is InChI=1S/C12H15FN2O3S.C12H14FNO4S/c13-9-4-6-10(7-5-9)19(17,18)15-8-2-1-3-11(15)12(14)16;13-9-4-6-10(7-5-9)19(17,18)14-8-2-1-3-11(14)12(15)16/h4-7,11H,1-3,8H2,(H2,14,16);4-7,11H,1-3,8H2,(H,15,16)/t2*11-/m00/s1. The van der Waals surface area contributed by atoms with Gasteiger partial charge < -0.3 is 10.8 Å². The molecule has 0 aliphatic carbocycles. The molecule has 2 heterocycles. The molecule has 10 nitrogen and oxygen atoms in total. The van der Waals surface area contributed by atoms with E-state index in [0.29, 0.717) is 32.1 Å². The van der Waals surface area contributed by atoms with Crippen LogP contribution in [-0.2, 0) is 29.6 Å². The highest BCUT2D eigenvalue weighted by molar-refractivity contribution is 7.89. The molecule has 14 heteroatoms. The summed E-state index contributed by atoms with van der Waals surface area (Å²) in [5.74, 6) is -2.84. The van der Waals surface area contributed by atoms with Crippen LogP contribution >= 0.6 is 0 Å². The number of hydrogen-bond acceptors (Lipinski definition) is 6. The molecule has 2 fully saturated rings. The van der Waals surface area contributed by atoms with Gasteiger partial charge in [0.2, 0.25) is 26.0 Å². The third-order valence-electron chi connectivity index (χ3n) is 6.36. The van der Waals surface area contributed by atoms with E-state index in [1.54, 1.807) is 0 Å². The largest absolute Gasteiger partial charge is 0.480 e. The van der Waals surface area contributed by atoms with Crippen LogP contribution in [0, 0.1) is 11.6 Å². The summed E-state index contributed by atoms with van der Waals surface area (Å²) in [5.41, 5.74) is 5.25.